The van der Waals surface area contributed by atoms with E-state index in [4.69, 9.17) is 16.3 Å². The van der Waals surface area contributed by atoms with E-state index in [0.29, 0.717) is 19.6 Å². The van der Waals surface area contributed by atoms with Gasteiger partial charge in [-0.15, -0.1) is 0 Å². The second-order valence-corrected chi connectivity index (χ2v) is 10.4. The first-order valence-electron chi connectivity index (χ1n) is 10.9. The molecule has 32 heavy (non-hydrogen) atoms. The van der Waals surface area contributed by atoms with Crippen LogP contribution in [0.3, 0.4) is 0 Å². The summed E-state index contributed by atoms with van der Waals surface area (Å²) in [6.45, 7) is 5.37. The van der Waals surface area contributed by atoms with E-state index >= 15 is 0 Å². The molecule has 172 valence electrons. The van der Waals surface area contributed by atoms with Gasteiger partial charge in [0.1, 0.15) is 4.90 Å². The van der Waals surface area contributed by atoms with Crippen molar-refractivity contribution in [2.45, 2.75) is 30.8 Å². The molecule has 2 aliphatic heterocycles. The molecule has 2 heterocycles. The fourth-order valence-electron chi connectivity index (χ4n) is 4.07. The Bertz CT molecular complexity index is 1060. The fourth-order valence-corrected chi connectivity index (χ4v) is 6.09. The Kier molecular flexibility index (Phi) is 7.48. The van der Waals surface area contributed by atoms with Gasteiger partial charge in [0.05, 0.1) is 18.2 Å². The van der Waals surface area contributed by atoms with E-state index in [2.05, 4.69) is 16.3 Å². The molecule has 0 saturated carbocycles. The molecule has 0 aromatic heterocycles. The second kappa shape index (κ2) is 10.3. The molecule has 2 saturated heterocycles. The minimum Gasteiger partial charge on any atom is -0.379 e. The predicted molar refractivity (Wildman–Crippen MR) is 123 cm³/mol. The maximum absolute atomic E-state index is 12.9. The summed E-state index contributed by atoms with van der Waals surface area (Å²) >= 11 is 6.20. The SMILES string of the molecule is O=C(NCc1ccccc1CN1CCOCC1)c1ccc(Cl)c(S(=O)(=O)N2CCCC2)c1. The number of sulfonamides is 1. The summed E-state index contributed by atoms with van der Waals surface area (Å²) in [7, 11) is -3.71. The van der Waals surface area contributed by atoms with Crippen LogP contribution in [-0.2, 0) is 27.8 Å². The number of carbonyl (C=O) groups is 1. The molecular formula is C23H28ClN3O4S. The first-order chi connectivity index (χ1) is 15.4. The summed E-state index contributed by atoms with van der Waals surface area (Å²) < 4.78 is 32.7. The summed E-state index contributed by atoms with van der Waals surface area (Å²) in [5.74, 6) is -0.333. The van der Waals surface area contributed by atoms with E-state index in [-0.39, 0.29) is 21.4 Å². The Morgan fingerprint density at radius 2 is 1.69 bits per heavy atom. The molecule has 0 atom stereocenters. The minimum absolute atomic E-state index is 0.0126. The van der Waals surface area contributed by atoms with E-state index < -0.39 is 10.0 Å². The van der Waals surface area contributed by atoms with E-state index in [1.165, 1.54) is 16.4 Å². The number of morpholine rings is 1. The summed E-state index contributed by atoms with van der Waals surface area (Å²) in [5, 5.41) is 3.06. The van der Waals surface area contributed by atoms with Crippen LogP contribution in [0.5, 0.6) is 0 Å². The third-order valence-electron chi connectivity index (χ3n) is 5.93. The van der Waals surface area contributed by atoms with Gasteiger partial charge >= 0.3 is 0 Å². The van der Waals surface area contributed by atoms with Crippen molar-refractivity contribution in [1.82, 2.24) is 14.5 Å². The van der Waals surface area contributed by atoms with Crippen LogP contribution in [0, 0.1) is 0 Å². The molecule has 0 spiro atoms. The van der Waals surface area contributed by atoms with Gasteiger partial charge in [-0.25, -0.2) is 8.42 Å². The Morgan fingerprint density at radius 3 is 2.41 bits per heavy atom. The molecule has 0 aliphatic carbocycles. The summed E-state index contributed by atoms with van der Waals surface area (Å²) in [6.07, 6.45) is 1.67. The first kappa shape index (κ1) is 23.2. The average Bonchev–Trinajstić information content (AvgIpc) is 3.35. The zero-order chi connectivity index (χ0) is 22.6. The van der Waals surface area contributed by atoms with Crippen molar-refractivity contribution in [2.24, 2.45) is 0 Å². The summed E-state index contributed by atoms with van der Waals surface area (Å²) in [5.41, 5.74) is 2.46. The Labute approximate surface area is 194 Å². The quantitative estimate of drug-likeness (QED) is 0.663. The van der Waals surface area contributed by atoms with Crippen molar-refractivity contribution in [3.05, 3.63) is 64.2 Å². The Balaban J connectivity index is 1.46. The van der Waals surface area contributed by atoms with Crippen LogP contribution in [0.1, 0.15) is 34.3 Å². The van der Waals surface area contributed by atoms with Gasteiger partial charge in [0.2, 0.25) is 10.0 Å². The first-order valence-corrected chi connectivity index (χ1v) is 12.7. The van der Waals surface area contributed by atoms with Gasteiger partial charge in [0, 0.05) is 44.8 Å². The van der Waals surface area contributed by atoms with Crippen LogP contribution >= 0.6 is 11.6 Å². The standard InChI is InChI=1S/C23H28ClN3O4S/c24-21-8-7-18(15-22(21)32(29,30)27-9-3-4-10-27)23(28)25-16-19-5-1-2-6-20(19)17-26-11-13-31-14-12-26/h1-2,5-8,15H,3-4,9-14,16-17H2,(H,25,28). The van der Waals surface area contributed by atoms with Crippen LogP contribution < -0.4 is 5.32 Å². The molecule has 7 nitrogen and oxygen atoms in total. The molecule has 1 N–H and O–H groups in total. The van der Waals surface area contributed by atoms with E-state index in [1.807, 2.05) is 18.2 Å². The number of hydrogen-bond donors (Lipinski definition) is 1. The van der Waals surface area contributed by atoms with Crippen molar-refractivity contribution < 1.29 is 17.9 Å². The molecule has 4 rings (SSSR count). The second-order valence-electron chi connectivity index (χ2n) is 8.10. The van der Waals surface area contributed by atoms with Crippen LogP contribution in [0.4, 0.5) is 0 Å². The Morgan fingerprint density at radius 1 is 1.00 bits per heavy atom. The van der Waals surface area contributed by atoms with Gasteiger partial charge in [-0.3, -0.25) is 9.69 Å². The van der Waals surface area contributed by atoms with Crippen molar-refractivity contribution in [3.8, 4) is 0 Å². The number of halogens is 1. The van der Waals surface area contributed by atoms with Crippen molar-refractivity contribution >= 4 is 27.5 Å². The highest BCUT2D eigenvalue weighted by atomic mass is 35.5. The van der Waals surface area contributed by atoms with Gasteiger partial charge in [-0.05, 0) is 42.2 Å². The highest BCUT2D eigenvalue weighted by molar-refractivity contribution is 7.89. The smallest absolute Gasteiger partial charge is 0.251 e. The lowest BCUT2D eigenvalue weighted by Gasteiger charge is -2.27. The number of ether oxygens (including phenoxy) is 1. The molecule has 0 unspecified atom stereocenters. The van der Waals surface area contributed by atoms with Gasteiger partial charge in [-0.1, -0.05) is 35.9 Å². The average molecular weight is 478 g/mol. The molecule has 2 aromatic carbocycles. The van der Waals surface area contributed by atoms with Gasteiger partial charge in [-0.2, -0.15) is 4.31 Å². The lowest BCUT2D eigenvalue weighted by Crippen LogP contribution is -2.36. The van der Waals surface area contributed by atoms with E-state index in [9.17, 15) is 13.2 Å². The lowest BCUT2D eigenvalue weighted by molar-refractivity contribution is 0.0340. The minimum atomic E-state index is -3.71. The third-order valence-corrected chi connectivity index (χ3v) is 8.31. The van der Waals surface area contributed by atoms with Crippen LogP contribution in [0.15, 0.2) is 47.4 Å². The molecular weight excluding hydrogens is 450 g/mol. The summed E-state index contributed by atoms with van der Waals surface area (Å²) in [6, 6.07) is 12.4. The molecule has 0 radical (unpaired) electrons. The van der Waals surface area contributed by atoms with Crippen LogP contribution in [0.2, 0.25) is 5.02 Å². The predicted octanol–water partition coefficient (Wildman–Crippen LogP) is 2.89. The molecule has 2 aromatic rings. The number of amides is 1. The van der Waals surface area contributed by atoms with Gasteiger partial charge in [0.25, 0.3) is 5.91 Å². The largest absolute Gasteiger partial charge is 0.379 e. The number of rotatable bonds is 7. The third kappa shape index (κ3) is 5.32. The zero-order valence-electron chi connectivity index (χ0n) is 17.9. The van der Waals surface area contributed by atoms with Crippen LogP contribution in [0.25, 0.3) is 0 Å². The fraction of sp³-hybridized carbons (Fsp3) is 0.435. The lowest BCUT2D eigenvalue weighted by atomic mass is 10.1. The zero-order valence-corrected chi connectivity index (χ0v) is 19.5. The number of hydrogen-bond acceptors (Lipinski definition) is 5. The van der Waals surface area contributed by atoms with E-state index in [0.717, 1.165) is 56.8 Å². The topological polar surface area (TPSA) is 79.0 Å². The molecule has 1 amide bonds. The molecule has 2 aliphatic rings. The number of nitrogens with zero attached hydrogens (tertiary/aromatic N) is 2. The highest BCUT2D eigenvalue weighted by Gasteiger charge is 2.29. The number of nitrogens with one attached hydrogen (secondary N) is 1. The van der Waals surface area contributed by atoms with Gasteiger partial charge in [0.15, 0.2) is 0 Å². The summed E-state index contributed by atoms with van der Waals surface area (Å²) in [4.78, 5) is 15.2. The maximum Gasteiger partial charge on any atom is 0.251 e. The van der Waals surface area contributed by atoms with Crippen molar-refractivity contribution in [2.75, 3.05) is 39.4 Å². The number of carbonyl (C=O) groups excluding carboxylic acids is 1. The molecule has 2 fully saturated rings. The van der Waals surface area contributed by atoms with Gasteiger partial charge < -0.3 is 10.1 Å². The van der Waals surface area contributed by atoms with Crippen LogP contribution in [-0.4, -0.2) is 62.9 Å². The van der Waals surface area contributed by atoms with E-state index in [1.54, 1.807) is 6.07 Å². The van der Waals surface area contributed by atoms with Crippen molar-refractivity contribution in [3.63, 3.8) is 0 Å². The number of benzene rings is 2. The Hall–Kier alpha value is -1.97. The van der Waals surface area contributed by atoms with Crippen molar-refractivity contribution in [1.29, 1.82) is 0 Å². The molecule has 9 heteroatoms. The molecule has 0 bridgehead atoms. The maximum atomic E-state index is 12.9. The normalized spacial score (nSPS) is 18.0. The monoisotopic (exact) mass is 477 g/mol. The highest BCUT2D eigenvalue weighted by Crippen LogP contribution is 2.28.